The van der Waals surface area contributed by atoms with Gasteiger partial charge in [-0.3, -0.25) is 9.78 Å². The smallest absolute Gasteiger partial charge is 0.328 e. The van der Waals surface area contributed by atoms with Crippen LogP contribution in [0.4, 0.5) is 0 Å². The molecule has 1 aliphatic rings. The van der Waals surface area contributed by atoms with Crippen LogP contribution in [0.25, 0.3) is 0 Å². The summed E-state index contributed by atoms with van der Waals surface area (Å²) in [6.07, 6.45) is 2.03. The number of aromatic nitrogens is 2. The minimum Gasteiger partial charge on any atom is -0.490 e. The Balaban J connectivity index is 1.71. The van der Waals surface area contributed by atoms with E-state index in [1.54, 1.807) is 0 Å². The highest BCUT2D eigenvalue weighted by molar-refractivity contribution is 7.89. The zero-order valence-electron chi connectivity index (χ0n) is 14.6. The van der Waals surface area contributed by atoms with Gasteiger partial charge in [0.1, 0.15) is 11.9 Å². The van der Waals surface area contributed by atoms with Crippen molar-refractivity contribution in [3.8, 4) is 5.75 Å². The van der Waals surface area contributed by atoms with Crippen LogP contribution < -0.4 is 16.0 Å². The Labute approximate surface area is 151 Å². The van der Waals surface area contributed by atoms with E-state index in [1.165, 1.54) is 11.4 Å². The molecule has 26 heavy (non-hydrogen) atoms. The summed E-state index contributed by atoms with van der Waals surface area (Å²) in [5, 5.41) is 0. The summed E-state index contributed by atoms with van der Waals surface area (Å²) < 4.78 is 33.7. The molecule has 0 spiro atoms. The van der Waals surface area contributed by atoms with Crippen LogP contribution >= 0.6 is 0 Å². The lowest BCUT2D eigenvalue weighted by Crippen LogP contribution is -2.44. The standard InChI is InChI=1S/C17H21N3O5S/c1-12-3-5-13(6-4-12)25-14-7-9-20(10-8-14)26(23,24)15-11-19(2)17(22)18-16(15)21/h3-6,11,14H,7-10H2,1-2H3,(H,18,21,22). The molecule has 0 saturated carbocycles. The van der Waals surface area contributed by atoms with Gasteiger partial charge in [-0.25, -0.2) is 13.2 Å². The van der Waals surface area contributed by atoms with E-state index < -0.39 is 26.2 Å². The number of nitrogens with zero attached hydrogens (tertiary/aromatic N) is 2. The lowest BCUT2D eigenvalue weighted by Gasteiger charge is -2.31. The quantitative estimate of drug-likeness (QED) is 0.839. The van der Waals surface area contributed by atoms with Crippen LogP contribution in [-0.4, -0.2) is 41.5 Å². The van der Waals surface area contributed by atoms with Crippen molar-refractivity contribution in [2.75, 3.05) is 13.1 Å². The lowest BCUT2D eigenvalue weighted by atomic mass is 10.1. The number of benzene rings is 1. The molecular formula is C17H21N3O5S. The van der Waals surface area contributed by atoms with E-state index in [9.17, 15) is 18.0 Å². The first-order valence-corrected chi connectivity index (χ1v) is 9.75. The topological polar surface area (TPSA) is 101 Å². The number of piperidine rings is 1. The molecule has 1 N–H and O–H groups in total. The number of aromatic amines is 1. The fourth-order valence-corrected chi connectivity index (χ4v) is 4.41. The van der Waals surface area contributed by atoms with Crippen molar-refractivity contribution in [1.82, 2.24) is 13.9 Å². The van der Waals surface area contributed by atoms with Crippen LogP contribution in [0.15, 0.2) is 44.9 Å². The second-order valence-electron chi connectivity index (χ2n) is 6.40. The van der Waals surface area contributed by atoms with Gasteiger partial charge >= 0.3 is 5.69 Å². The number of aryl methyl sites for hydroxylation is 2. The average Bonchev–Trinajstić information content (AvgIpc) is 2.60. The molecule has 1 aromatic carbocycles. The van der Waals surface area contributed by atoms with E-state index in [0.717, 1.165) is 22.1 Å². The number of nitrogens with one attached hydrogen (secondary N) is 1. The molecule has 0 aliphatic carbocycles. The predicted molar refractivity (Wildman–Crippen MR) is 95.9 cm³/mol. The Morgan fingerprint density at radius 3 is 2.35 bits per heavy atom. The molecule has 140 valence electrons. The van der Waals surface area contributed by atoms with E-state index in [2.05, 4.69) is 0 Å². The van der Waals surface area contributed by atoms with Gasteiger partial charge < -0.3 is 9.30 Å². The van der Waals surface area contributed by atoms with Crippen molar-refractivity contribution in [2.45, 2.75) is 30.8 Å². The number of sulfonamides is 1. The van der Waals surface area contributed by atoms with E-state index in [4.69, 9.17) is 4.74 Å². The Morgan fingerprint density at radius 2 is 1.73 bits per heavy atom. The van der Waals surface area contributed by atoms with Gasteiger partial charge in [0.25, 0.3) is 5.56 Å². The maximum absolute atomic E-state index is 12.7. The molecule has 1 saturated heterocycles. The van der Waals surface area contributed by atoms with Crippen LogP contribution in [0.2, 0.25) is 0 Å². The van der Waals surface area contributed by atoms with Gasteiger partial charge in [0, 0.05) is 26.3 Å². The Kier molecular flexibility index (Phi) is 5.01. The third kappa shape index (κ3) is 3.73. The molecule has 1 fully saturated rings. The van der Waals surface area contributed by atoms with Crippen molar-refractivity contribution in [3.05, 3.63) is 56.9 Å². The van der Waals surface area contributed by atoms with Crippen LogP contribution in [0.3, 0.4) is 0 Å². The summed E-state index contributed by atoms with van der Waals surface area (Å²) in [6.45, 7) is 2.50. The van der Waals surface area contributed by atoms with Crippen LogP contribution in [0, 0.1) is 6.92 Å². The molecule has 1 aliphatic heterocycles. The van der Waals surface area contributed by atoms with Crippen molar-refractivity contribution >= 4 is 10.0 Å². The predicted octanol–water partition coefficient (Wildman–Crippen LogP) is 0.614. The summed E-state index contributed by atoms with van der Waals surface area (Å²) >= 11 is 0. The lowest BCUT2D eigenvalue weighted by molar-refractivity contribution is 0.135. The average molecular weight is 379 g/mol. The van der Waals surface area contributed by atoms with Crippen molar-refractivity contribution in [3.63, 3.8) is 0 Å². The van der Waals surface area contributed by atoms with E-state index in [-0.39, 0.29) is 19.2 Å². The van der Waals surface area contributed by atoms with Crippen molar-refractivity contribution in [1.29, 1.82) is 0 Å². The molecule has 0 unspecified atom stereocenters. The molecule has 1 aromatic heterocycles. The Bertz CT molecular complexity index is 1000. The van der Waals surface area contributed by atoms with Crippen LogP contribution in [0.1, 0.15) is 18.4 Å². The largest absolute Gasteiger partial charge is 0.490 e. The monoisotopic (exact) mass is 379 g/mol. The third-order valence-electron chi connectivity index (χ3n) is 4.42. The summed E-state index contributed by atoms with van der Waals surface area (Å²) in [5.74, 6) is 0.756. The summed E-state index contributed by atoms with van der Waals surface area (Å²) in [6, 6.07) is 7.70. The number of rotatable bonds is 4. The normalized spacial score (nSPS) is 16.5. The summed E-state index contributed by atoms with van der Waals surface area (Å²) in [4.78, 5) is 24.9. The van der Waals surface area contributed by atoms with Gasteiger partial charge in [0.05, 0.1) is 0 Å². The molecule has 0 amide bonds. The highest BCUT2D eigenvalue weighted by Crippen LogP contribution is 2.22. The highest BCUT2D eigenvalue weighted by Gasteiger charge is 2.32. The van der Waals surface area contributed by atoms with E-state index in [0.29, 0.717) is 12.8 Å². The Morgan fingerprint density at radius 1 is 1.12 bits per heavy atom. The number of hydrogen-bond acceptors (Lipinski definition) is 5. The van der Waals surface area contributed by atoms with Gasteiger partial charge in [0.15, 0.2) is 4.90 Å². The molecule has 2 aromatic rings. The maximum Gasteiger partial charge on any atom is 0.328 e. The number of hydrogen-bond donors (Lipinski definition) is 1. The molecular weight excluding hydrogens is 358 g/mol. The first kappa shape index (κ1) is 18.4. The molecule has 3 rings (SSSR count). The molecule has 2 heterocycles. The fourth-order valence-electron chi connectivity index (χ4n) is 2.86. The first-order chi connectivity index (χ1) is 12.3. The molecule has 0 radical (unpaired) electrons. The van der Waals surface area contributed by atoms with E-state index >= 15 is 0 Å². The Hall–Kier alpha value is -2.39. The molecule has 0 atom stereocenters. The van der Waals surface area contributed by atoms with Gasteiger partial charge in [-0.2, -0.15) is 4.31 Å². The fraction of sp³-hybridized carbons (Fsp3) is 0.412. The van der Waals surface area contributed by atoms with Gasteiger partial charge in [-0.05, 0) is 31.9 Å². The molecule has 8 nitrogen and oxygen atoms in total. The molecule has 0 bridgehead atoms. The minimum atomic E-state index is -3.96. The molecule has 9 heteroatoms. The highest BCUT2D eigenvalue weighted by atomic mass is 32.2. The van der Waals surface area contributed by atoms with Crippen molar-refractivity contribution in [2.24, 2.45) is 7.05 Å². The second-order valence-corrected chi connectivity index (χ2v) is 8.30. The number of ether oxygens (including phenoxy) is 1. The zero-order valence-corrected chi connectivity index (χ0v) is 15.5. The maximum atomic E-state index is 12.7. The van der Waals surface area contributed by atoms with Gasteiger partial charge in [-0.15, -0.1) is 0 Å². The van der Waals surface area contributed by atoms with Crippen LogP contribution in [-0.2, 0) is 17.1 Å². The van der Waals surface area contributed by atoms with Gasteiger partial charge in [-0.1, -0.05) is 17.7 Å². The van der Waals surface area contributed by atoms with Gasteiger partial charge in [0.2, 0.25) is 10.0 Å². The van der Waals surface area contributed by atoms with Crippen molar-refractivity contribution < 1.29 is 13.2 Å². The van der Waals surface area contributed by atoms with E-state index in [1.807, 2.05) is 36.2 Å². The summed E-state index contributed by atoms with van der Waals surface area (Å²) in [5.41, 5.74) is -0.411. The summed E-state index contributed by atoms with van der Waals surface area (Å²) in [7, 11) is -2.57. The first-order valence-electron chi connectivity index (χ1n) is 8.31. The number of H-pyrrole nitrogens is 1. The minimum absolute atomic E-state index is 0.0810. The SMILES string of the molecule is Cc1ccc(OC2CCN(S(=O)(=O)c3cn(C)c(=O)[nH]c3=O)CC2)cc1. The zero-order chi connectivity index (χ0) is 18.9. The second kappa shape index (κ2) is 7.08. The van der Waals surface area contributed by atoms with Crippen LogP contribution in [0.5, 0.6) is 5.75 Å². The third-order valence-corrected chi connectivity index (χ3v) is 6.31.